The maximum absolute atomic E-state index is 11.1. The predicted molar refractivity (Wildman–Crippen MR) is 51.7 cm³/mol. The molecule has 1 rings (SSSR count). The fourth-order valence-corrected chi connectivity index (χ4v) is 2.18. The van der Waals surface area contributed by atoms with E-state index >= 15 is 0 Å². The lowest BCUT2D eigenvalue weighted by atomic mass is 9.98. The Morgan fingerprint density at radius 3 is 2.69 bits per heavy atom. The Hall–Kier alpha value is -0.240. The van der Waals surface area contributed by atoms with Crippen molar-refractivity contribution in [3.05, 3.63) is 12.7 Å². The molecule has 0 aliphatic heterocycles. The molecule has 4 heteroatoms. The number of hydrogen-bond acceptors (Lipinski definition) is 3. The van der Waals surface area contributed by atoms with Crippen molar-refractivity contribution in [2.24, 2.45) is 0 Å². The van der Waals surface area contributed by atoms with Crippen molar-refractivity contribution < 1.29 is 13.6 Å². The fourth-order valence-electron chi connectivity index (χ4n) is 1.44. The monoisotopic (exact) mass is 203 g/mol. The summed E-state index contributed by atoms with van der Waals surface area (Å²) in [6, 6.07) is 0. The zero-order valence-electron chi connectivity index (χ0n) is 7.78. The quantitative estimate of drug-likeness (QED) is 0.508. The van der Waals surface area contributed by atoms with Crippen molar-refractivity contribution in [2.75, 3.05) is 6.61 Å². The van der Waals surface area contributed by atoms with Gasteiger partial charge in [0.1, 0.15) is 12.7 Å². The summed E-state index contributed by atoms with van der Waals surface area (Å²) in [4.78, 5) is 0. The van der Waals surface area contributed by atoms with Crippen molar-refractivity contribution in [2.45, 2.75) is 38.2 Å². The molecular weight excluding hydrogens is 187 g/mol. The van der Waals surface area contributed by atoms with Gasteiger partial charge in [0.25, 0.3) is 0 Å². The van der Waals surface area contributed by atoms with E-state index in [9.17, 15) is 4.57 Å². The zero-order chi connectivity index (χ0) is 9.52. The third-order valence-corrected chi connectivity index (χ3v) is 2.92. The first-order valence-electron chi connectivity index (χ1n) is 4.71. The van der Waals surface area contributed by atoms with Crippen LogP contribution in [0, 0.1) is 0 Å². The summed E-state index contributed by atoms with van der Waals surface area (Å²) >= 11 is 0. The van der Waals surface area contributed by atoms with Crippen LogP contribution in [0.4, 0.5) is 0 Å². The maximum Gasteiger partial charge on any atom is 0.697 e. The molecule has 13 heavy (non-hydrogen) atoms. The molecule has 0 aromatic rings. The summed E-state index contributed by atoms with van der Waals surface area (Å²) < 4.78 is 21.2. The average Bonchev–Trinajstić information content (AvgIpc) is 2.16. The first kappa shape index (κ1) is 10.8. The Kier molecular flexibility index (Phi) is 5.21. The van der Waals surface area contributed by atoms with E-state index in [1.165, 1.54) is 19.3 Å². The molecule has 0 aromatic heterocycles. The Morgan fingerprint density at radius 2 is 2.08 bits per heavy atom. The highest BCUT2D eigenvalue weighted by Crippen LogP contribution is 2.31. The second-order valence-corrected chi connectivity index (χ2v) is 4.09. The van der Waals surface area contributed by atoms with Gasteiger partial charge in [0.15, 0.2) is 0 Å². The van der Waals surface area contributed by atoms with E-state index in [4.69, 9.17) is 9.05 Å². The molecule has 1 unspecified atom stereocenters. The molecule has 0 heterocycles. The van der Waals surface area contributed by atoms with Crippen LogP contribution in [0.25, 0.3) is 0 Å². The Morgan fingerprint density at radius 1 is 1.38 bits per heavy atom. The minimum atomic E-state index is -1.93. The third kappa shape index (κ3) is 4.51. The van der Waals surface area contributed by atoms with Gasteiger partial charge in [-0.1, -0.05) is 25.3 Å². The molecule has 1 aliphatic rings. The molecule has 1 saturated carbocycles. The van der Waals surface area contributed by atoms with Gasteiger partial charge in [-0.15, -0.1) is 15.6 Å². The summed E-state index contributed by atoms with van der Waals surface area (Å²) in [5, 5.41) is 0. The van der Waals surface area contributed by atoms with E-state index < -0.39 is 8.25 Å². The Balaban J connectivity index is 2.14. The number of hydrogen-bond donors (Lipinski definition) is 0. The highest BCUT2D eigenvalue weighted by Gasteiger charge is 2.27. The average molecular weight is 203 g/mol. The lowest BCUT2D eigenvalue weighted by Gasteiger charge is -2.15. The lowest BCUT2D eigenvalue weighted by Crippen LogP contribution is -2.13. The van der Waals surface area contributed by atoms with Crippen LogP contribution in [0.2, 0.25) is 0 Å². The molecule has 1 aliphatic carbocycles. The second-order valence-electron chi connectivity index (χ2n) is 3.17. The smallest absolute Gasteiger partial charge is 0.116 e. The van der Waals surface area contributed by atoms with Gasteiger partial charge in [-0.3, -0.25) is 0 Å². The highest BCUT2D eigenvalue weighted by molar-refractivity contribution is 7.33. The van der Waals surface area contributed by atoms with Gasteiger partial charge in [-0.05, 0) is 12.8 Å². The van der Waals surface area contributed by atoms with Crippen molar-refractivity contribution in [1.82, 2.24) is 0 Å². The standard InChI is InChI=1S/C9H16O3P/c1-2-8-11-13(10)12-9-6-4-3-5-7-9/h2,9H,1,3-8H2/q+1. The van der Waals surface area contributed by atoms with Crippen LogP contribution in [-0.2, 0) is 13.6 Å². The second kappa shape index (κ2) is 6.25. The van der Waals surface area contributed by atoms with Gasteiger partial charge in [0.2, 0.25) is 0 Å². The van der Waals surface area contributed by atoms with Crippen molar-refractivity contribution >= 4 is 8.25 Å². The predicted octanol–water partition coefficient (Wildman–Crippen LogP) is 3.20. The molecule has 3 nitrogen and oxygen atoms in total. The molecule has 0 amide bonds. The SMILES string of the molecule is C=CCO[P+](=O)OC1CCCCC1. The van der Waals surface area contributed by atoms with Gasteiger partial charge in [0, 0.05) is 4.57 Å². The van der Waals surface area contributed by atoms with Gasteiger partial charge in [-0.2, -0.15) is 0 Å². The molecule has 1 fully saturated rings. The van der Waals surface area contributed by atoms with Gasteiger partial charge in [0.05, 0.1) is 0 Å². The summed E-state index contributed by atoms with van der Waals surface area (Å²) in [7, 11) is -1.93. The summed E-state index contributed by atoms with van der Waals surface area (Å²) in [5.74, 6) is 0. The lowest BCUT2D eigenvalue weighted by molar-refractivity contribution is 0.135. The Labute approximate surface area is 80.1 Å². The Bertz CT molecular complexity index is 176. The summed E-state index contributed by atoms with van der Waals surface area (Å²) in [5.41, 5.74) is 0. The van der Waals surface area contributed by atoms with E-state index in [0.29, 0.717) is 6.61 Å². The molecule has 0 spiro atoms. The molecule has 74 valence electrons. The highest BCUT2D eigenvalue weighted by atomic mass is 31.1. The van der Waals surface area contributed by atoms with Crippen LogP contribution in [0.15, 0.2) is 12.7 Å². The van der Waals surface area contributed by atoms with Gasteiger partial charge in [-0.25, -0.2) is 0 Å². The topological polar surface area (TPSA) is 35.5 Å². The molecular formula is C9H16O3P+. The molecule has 0 saturated heterocycles. The molecule has 0 aromatic carbocycles. The van der Waals surface area contributed by atoms with Crippen molar-refractivity contribution in [3.63, 3.8) is 0 Å². The van der Waals surface area contributed by atoms with Gasteiger partial charge >= 0.3 is 8.25 Å². The summed E-state index contributed by atoms with van der Waals surface area (Å²) in [6.45, 7) is 3.76. The van der Waals surface area contributed by atoms with E-state index in [2.05, 4.69) is 6.58 Å². The molecule has 0 radical (unpaired) electrons. The normalized spacial score (nSPS) is 19.8. The number of rotatable bonds is 5. The largest absolute Gasteiger partial charge is 0.697 e. The van der Waals surface area contributed by atoms with E-state index in [1.807, 2.05) is 0 Å². The van der Waals surface area contributed by atoms with Crippen LogP contribution in [0.3, 0.4) is 0 Å². The third-order valence-electron chi connectivity index (χ3n) is 2.09. The van der Waals surface area contributed by atoms with Crippen molar-refractivity contribution in [1.29, 1.82) is 0 Å². The van der Waals surface area contributed by atoms with E-state index in [0.717, 1.165) is 12.8 Å². The molecule has 0 N–H and O–H groups in total. The first-order chi connectivity index (χ1) is 6.33. The first-order valence-corrected chi connectivity index (χ1v) is 5.80. The molecule has 1 atom stereocenters. The minimum absolute atomic E-state index is 0.141. The zero-order valence-corrected chi connectivity index (χ0v) is 8.67. The minimum Gasteiger partial charge on any atom is -0.116 e. The van der Waals surface area contributed by atoms with Crippen LogP contribution < -0.4 is 0 Å². The van der Waals surface area contributed by atoms with Crippen LogP contribution in [0.5, 0.6) is 0 Å². The van der Waals surface area contributed by atoms with Crippen LogP contribution >= 0.6 is 8.25 Å². The summed E-state index contributed by atoms with van der Waals surface area (Å²) in [6.07, 6.45) is 7.35. The molecule has 0 bridgehead atoms. The van der Waals surface area contributed by atoms with Crippen molar-refractivity contribution in [3.8, 4) is 0 Å². The van der Waals surface area contributed by atoms with Crippen LogP contribution in [0.1, 0.15) is 32.1 Å². The fraction of sp³-hybridized carbons (Fsp3) is 0.778. The van der Waals surface area contributed by atoms with E-state index in [1.54, 1.807) is 6.08 Å². The van der Waals surface area contributed by atoms with Gasteiger partial charge < -0.3 is 0 Å². The maximum atomic E-state index is 11.1. The van der Waals surface area contributed by atoms with E-state index in [-0.39, 0.29) is 6.10 Å². The van der Waals surface area contributed by atoms with Crippen LogP contribution in [-0.4, -0.2) is 12.7 Å².